The Hall–Kier alpha value is -6.71. The van der Waals surface area contributed by atoms with Crippen LogP contribution in [0.25, 0.3) is 61.1 Å². The van der Waals surface area contributed by atoms with Gasteiger partial charge < -0.3 is 4.90 Å². The van der Waals surface area contributed by atoms with Gasteiger partial charge in [-0.1, -0.05) is 184 Å². The van der Waals surface area contributed by atoms with Gasteiger partial charge in [0.05, 0.1) is 22.6 Å². The highest BCUT2D eigenvalue weighted by Crippen LogP contribution is 2.56. The first-order valence-electron chi connectivity index (χ1n) is 18.3. The summed E-state index contributed by atoms with van der Waals surface area (Å²) in [5.74, 6) is 0. The molecule has 10 rings (SSSR count). The van der Waals surface area contributed by atoms with Gasteiger partial charge in [0.1, 0.15) is 5.69 Å². The second kappa shape index (κ2) is 12.2. The fraction of sp³-hybridized carbons (Fsp3) is 0.0600. The summed E-state index contributed by atoms with van der Waals surface area (Å²) in [6, 6.07) is 67.6. The Kier molecular flexibility index (Phi) is 7.16. The molecule has 1 aliphatic rings. The minimum absolute atomic E-state index is 0.143. The van der Waals surface area contributed by atoms with Crippen LogP contribution in [0.5, 0.6) is 0 Å². The summed E-state index contributed by atoms with van der Waals surface area (Å²) in [4.78, 5) is 2.49. The summed E-state index contributed by atoms with van der Waals surface area (Å²) in [6.45, 7) is 4.70. The molecule has 53 heavy (non-hydrogen) atoms. The molecule has 0 spiro atoms. The fourth-order valence-corrected chi connectivity index (χ4v) is 8.60. The van der Waals surface area contributed by atoms with E-state index in [1.807, 2.05) is 0 Å². The molecule has 0 radical (unpaired) electrons. The molecule has 0 N–H and O–H groups in total. The number of benzene rings is 7. The van der Waals surface area contributed by atoms with Gasteiger partial charge in [0.25, 0.3) is 0 Å². The first-order chi connectivity index (χ1) is 26.1. The van der Waals surface area contributed by atoms with E-state index in [2.05, 4.69) is 211 Å². The van der Waals surface area contributed by atoms with Crippen LogP contribution in [-0.2, 0) is 5.41 Å². The van der Waals surface area contributed by atoms with Gasteiger partial charge in [-0.2, -0.15) is 5.10 Å². The van der Waals surface area contributed by atoms with Crippen LogP contribution in [0.3, 0.4) is 0 Å². The van der Waals surface area contributed by atoms with Crippen LogP contribution in [0, 0.1) is 0 Å². The van der Waals surface area contributed by atoms with Gasteiger partial charge in [0, 0.05) is 44.1 Å². The maximum absolute atomic E-state index is 5.64. The average molecular weight is 680 g/mol. The van der Waals surface area contributed by atoms with Gasteiger partial charge in [0.15, 0.2) is 0 Å². The molecule has 7 aromatic carbocycles. The second-order valence-corrected chi connectivity index (χ2v) is 14.4. The zero-order chi connectivity index (χ0) is 35.5. The van der Waals surface area contributed by atoms with Crippen LogP contribution in [-0.4, -0.2) is 9.61 Å². The molecule has 0 fully saturated rings. The Morgan fingerprint density at radius 3 is 1.72 bits per heavy atom. The minimum atomic E-state index is -0.143. The van der Waals surface area contributed by atoms with Gasteiger partial charge in [-0.05, 0) is 40.5 Å². The molecule has 252 valence electrons. The van der Waals surface area contributed by atoms with Gasteiger partial charge >= 0.3 is 0 Å². The van der Waals surface area contributed by atoms with Crippen molar-refractivity contribution in [3.8, 4) is 44.8 Å². The van der Waals surface area contributed by atoms with Gasteiger partial charge in [-0.3, -0.25) is 0 Å². The van der Waals surface area contributed by atoms with E-state index in [9.17, 15) is 0 Å². The van der Waals surface area contributed by atoms with Crippen LogP contribution in [0.2, 0.25) is 0 Å². The Balaban J connectivity index is 1.41. The van der Waals surface area contributed by atoms with E-state index < -0.39 is 0 Å². The molecular weight excluding hydrogens is 643 g/mol. The Morgan fingerprint density at radius 1 is 0.472 bits per heavy atom. The van der Waals surface area contributed by atoms with E-state index in [0.717, 1.165) is 67.0 Å². The maximum atomic E-state index is 5.64. The minimum Gasteiger partial charge on any atom is -0.307 e. The number of fused-ring (bicyclic) bond motifs is 6. The van der Waals surface area contributed by atoms with Crippen LogP contribution < -0.4 is 4.90 Å². The monoisotopic (exact) mass is 679 g/mol. The topological polar surface area (TPSA) is 20.5 Å². The number of aromatic nitrogens is 2. The molecule has 0 atom stereocenters. The summed E-state index contributed by atoms with van der Waals surface area (Å²) in [7, 11) is 0. The lowest BCUT2D eigenvalue weighted by molar-refractivity contribution is 0.660. The van der Waals surface area contributed by atoms with E-state index >= 15 is 0 Å². The van der Waals surface area contributed by atoms with Crippen molar-refractivity contribution in [3.05, 3.63) is 199 Å². The van der Waals surface area contributed by atoms with Crippen LogP contribution >= 0.6 is 0 Å². The van der Waals surface area contributed by atoms with Crippen molar-refractivity contribution < 1.29 is 0 Å². The van der Waals surface area contributed by atoms with Gasteiger partial charge in [-0.15, -0.1) is 0 Å². The number of rotatable bonds is 6. The third-order valence-corrected chi connectivity index (χ3v) is 11.0. The molecule has 0 unspecified atom stereocenters. The van der Waals surface area contributed by atoms with Crippen molar-refractivity contribution in [1.82, 2.24) is 9.61 Å². The molecule has 0 aliphatic heterocycles. The molecule has 3 heteroatoms. The summed E-state index contributed by atoms with van der Waals surface area (Å²) in [5, 5.41) is 7.94. The van der Waals surface area contributed by atoms with Crippen molar-refractivity contribution in [1.29, 1.82) is 0 Å². The summed E-state index contributed by atoms with van der Waals surface area (Å²) in [6.07, 6.45) is 0. The molecule has 9 aromatic rings. The molecule has 2 heterocycles. The number of hydrogen-bond acceptors (Lipinski definition) is 2. The third kappa shape index (κ3) is 4.78. The lowest BCUT2D eigenvalue weighted by atomic mass is 9.82. The van der Waals surface area contributed by atoms with Gasteiger partial charge in [0.2, 0.25) is 0 Å². The number of nitrogens with zero attached hydrogens (tertiary/aromatic N) is 3. The first-order valence-corrected chi connectivity index (χ1v) is 18.3. The zero-order valence-electron chi connectivity index (χ0n) is 29.7. The predicted octanol–water partition coefficient (Wildman–Crippen LogP) is 13.3. The SMILES string of the molecule is CC1(C)c2ccccc2-c2c(N(c3ccccc3)c3c(-c4ccccc4)n4nc(-c5ccccc5)c(-c5ccccc5)c4c4ccccc34)cccc21. The van der Waals surface area contributed by atoms with Crippen molar-refractivity contribution in [2.75, 3.05) is 4.90 Å². The Morgan fingerprint density at radius 2 is 1.02 bits per heavy atom. The highest BCUT2D eigenvalue weighted by atomic mass is 15.3. The molecule has 2 aromatic heterocycles. The van der Waals surface area contributed by atoms with Crippen LogP contribution in [0.1, 0.15) is 25.0 Å². The molecular formula is C50H37N3. The second-order valence-electron chi connectivity index (χ2n) is 14.4. The molecule has 3 nitrogen and oxygen atoms in total. The highest BCUT2D eigenvalue weighted by molar-refractivity contribution is 6.16. The lowest BCUT2D eigenvalue weighted by Crippen LogP contribution is -2.17. The third-order valence-electron chi connectivity index (χ3n) is 11.0. The van der Waals surface area contributed by atoms with Crippen molar-refractivity contribution in [3.63, 3.8) is 0 Å². The lowest BCUT2D eigenvalue weighted by Gasteiger charge is -2.32. The Bertz CT molecular complexity index is 2780. The number of hydrogen-bond donors (Lipinski definition) is 0. The summed E-state index contributed by atoms with van der Waals surface area (Å²) < 4.78 is 2.23. The largest absolute Gasteiger partial charge is 0.307 e. The van der Waals surface area contributed by atoms with E-state index in [0.29, 0.717) is 0 Å². The molecule has 0 saturated carbocycles. The number of pyridine rings is 1. The molecule has 0 saturated heterocycles. The van der Waals surface area contributed by atoms with E-state index in [4.69, 9.17) is 5.10 Å². The van der Waals surface area contributed by atoms with E-state index in [1.165, 1.54) is 22.3 Å². The quantitative estimate of drug-likeness (QED) is 0.174. The highest BCUT2D eigenvalue weighted by Gasteiger charge is 2.38. The number of para-hydroxylation sites is 1. The summed E-state index contributed by atoms with van der Waals surface area (Å²) >= 11 is 0. The Labute approximate surface area is 310 Å². The normalized spacial score (nSPS) is 12.9. The van der Waals surface area contributed by atoms with E-state index in [1.54, 1.807) is 0 Å². The predicted molar refractivity (Wildman–Crippen MR) is 221 cm³/mol. The maximum Gasteiger partial charge on any atom is 0.101 e. The average Bonchev–Trinajstić information content (AvgIpc) is 3.73. The number of anilines is 3. The van der Waals surface area contributed by atoms with Crippen molar-refractivity contribution >= 4 is 33.4 Å². The van der Waals surface area contributed by atoms with E-state index in [-0.39, 0.29) is 5.41 Å². The zero-order valence-corrected chi connectivity index (χ0v) is 29.7. The smallest absolute Gasteiger partial charge is 0.101 e. The fourth-order valence-electron chi connectivity index (χ4n) is 8.60. The van der Waals surface area contributed by atoms with Crippen molar-refractivity contribution in [2.45, 2.75) is 19.3 Å². The standard InChI is InChI=1S/C50H37N3/c1-50(2)41-31-18-17-30-40(41)45-42(50)32-19-33-43(45)52(37-26-13-6-14-27-37)49-39-29-16-15-28-38(39)48-44(34-20-7-3-8-21-34)46(35-22-9-4-10-23-35)51-53(48)47(49)36-24-11-5-12-25-36/h3-33H,1-2H3. The van der Waals surface area contributed by atoms with Crippen LogP contribution in [0.4, 0.5) is 17.1 Å². The molecule has 0 amide bonds. The molecule has 1 aliphatic carbocycles. The van der Waals surface area contributed by atoms with Crippen LogP contribution in [0.15, 0.2) is 188 Å². The van der Waals surface area contributed by atoms with Crippen molar-refractivity contribution in [2.24, 2.45) is 0 Å². The van der Waals surface area contributed by atoms with Gasteiger partial charge in [-0.25, -0.2) is 4.52 Å². The summed E-state index contributed by atoms with van der Waals surface area (Å²) in [5.41, 5.74) is 15.9. The first kappa shape index (κ1) is 31.1. The molecule has 0 bridgehead atoms.